The predicted molar refractivity (Wildman–Crippen MR) is 133 cm³/mol. The molecule has 0 fully saturated rings. The number of allylic oxidation sites excluding steroid dienone is 3. The number of methoxy groups -OCH3 is 2. The van der Waals surface area contributed by atoms with Crippen LogP contribution in [0.25, 0.3) is 5.57 Å². The van der Waals surface area contributed by atoms with Gasteiger partial charge in [-0.15, -0.1) is 0 Å². The van der Waals surface area contributed by atoms with Crippen molar-refractivity contribution in [3.8, 4) is 5.75 Å². The second-order valence-corrected chi connectivity index (χ2v) is 7.89. The molecule has 0 aliphatic rings. The van der Waals surface area contributed by atoms with E-state index in [1.807, 2.05) is 56.3 Å². The third-order valence-corrected chi connectivity index (χ3v) is 5.81. The molecule has 34 heavy (non-hydrogen) atoms. The fourth-order valence-corrected chi connectivity index (χ4v) is 3.45. The molecule has 0 saturated heterocycles. The van der Waals surface area contributed by atoms with Gasteiger partial charge in [0.05, 0.1) is 30.9 Å². The van der Waals surface area contributed by atoms with Gasteiger partial charge in [-0.2, -0.15) is 0 Å². The first kappa shape index (κ1) is 26.9. The average Bonchev–Trinajstić information content (AvgIpc) is 2.88. The number of carbonyl (C=O) groups excluding carboxylic acids is 2. The number of ether oxygens (including phenoxy) is 3. The summed E-state index contributed by atoms with van der Waals surface area (Å²) in [4.78, 5) is 24.1. The molecule has 0 aliphatic carbocycles. The Labute approximate surface area is 201 Å². The zero-order valence-electron chi connectivity index (χ0n) is 20.6. The van der Waals surface area contributed by atoms with E-state index < -0.39 is 17.5 Å². The maximum atomic E-state index is 12.1. The molecule has 0 saturated carbocycles. The van der Waals surface area contributed by atoms with E-state index in [-0.39, 0.29) is 17.7 Å². The molecule has 1 N–H and O–H groups in total. The minimum absolute atomic E-state index is 0.131. The zero-order chi connectivity index (χ0) is 25.1. The molecule has 6 nitrogen and oxygen atoms in total. The van der Waals surface area contributed by atoms with E-state index in [9.17, 15) is 14.7 Å². The van der Waals surface area contributed by atoms with Gasteiger partial charge >= 0.3 is 11.9 Å². The van der Waals surface area contributed by atoms with Crippen molar-refractivity contribution >= 4 is 17.5 Å². The van der Waals surface area contributed by atoms with Crippen molar-refractivity contribution in [2.45, 2.75) is 52.2 Å². The molecule has 0 unspecified atom stereocenters. The van der Waals surface area contributed by atoms with Gasteiger partial charge in [0.25, 0.3) is 0 Å². The summed E-state index contributed by atoms with van der Waals surface area (Å²) in [5, 5.41) is 10.4. The van der Waals surface area contributed by atoms with Crippen molar-refractivity contribution in [1.82, 2.24) is 0 Å². The predicted octanol–water partition coefficient (Wildman–Crippen LogP) is 5.74. The molecule has 182 valence electrons. The van der Waals surface area contributed by atoms with Crippen molar-refractivity contribution in [3.05, 3.63) is 82.9 Å². The summed E-state index contributed by atoms with van der Waals surface area (Å²) in [6.07, 6.45) is 7.93. The summed E-state index contributed by atoms with van der Waals surface area (Å²) in [5.41, 5.74) is 2.35. The summed E-state index contributed by atoms with van der Waals surface area (Å²) in [7, 11) is 2.52. The topological polar surface area (TPSA) is 82.1 Å². The van der Waals surface area contributed by atoms with Crippen LogP contribution in [0.3, 0.4) is 0 Å². The summed E-state index contributed by atoms with van der Waals surface area (Å²) in [6, 6.07) is 12.6. The van der Waals surface area contributed by atoms with Gasteiger partial charge in [0.1, 0.15) is 12.4 Å². The first-order chi connectivity index (χ1) is 16.3. The van der Waals surface area contributed by atoms with Crippen LogP contribution < -0.4 is 4.74 Å². The Kier molecular flexibility index (Phi) is 10.1. The maximum absolute atomic E-state index is 12.1. The van der Waals surface area contributed by atoms with Crippen LogP contribution in [0.2, 0.25) is 0 Å². The highest BCUT2D eigenvalue weighted by Gasteiger charge is 2.19. The van der Waals surface area contributed by atoms with Crippen LogP contribution in [-0.4, -0.2) is 36.9 Å². The van der Waals surface area contributed by atoms with Crippen LogP contribution in [0.1, 0.15) is 71.9 Å². The smallest absolute Gasteiger partial charge is 0.338 e. The zero-order valence-corrected chi connectivity index (χ0v) is 20.6. The van der Waals surface area contributed by atoms with Gasteiger partial charge in [-0.05, 0) is 60.2 Å². The van der Waals surface area contributed by atoms with Gasteiger partial charge in [-0.3, -0.25) is 0 Å². The van der Waals surface area contributed by atoms with Gasteiger partial charge in [0.15, 0.2) is 0 Å². The lowest BCUT2D eigenvalue weighted by Crippen LogP contribution is -2.22. The van der Waals surface area contributed by atoms with Crippen molar-refractivity contribution in [2.24, 2.45) is 0 Å². The minimum atomic E-state index is -0.785. The summed E-state index contributed by atoms with van der Waals surface area (Å²) < 4.78 is 15.5. The van der Waals surface area contributed by atoms with Crippen molar-refractivity contribution < 1.29 is 28.9 Å². The molecule has 0 bridgehead atoms. The van der Waals surface area contributed by atoms with E-state index in [1.54, 1.807) is 12.1 Å². The van der Waals surface area contributed by atoms with Crippen LogP contribution in [0.4, 0.5) is 0 Å². The number of hydrogen-bond donors (Lipinski definition) is 1. The Morgan fingerprint density at radius 3 is 2.24 bits per heavy atom. The largest absolute Gasteiger partial charge is 0.489 e. The number of carbonyl (C=O) groups is 2. The van der Waals surface area contributed by atoms with E-state index in [1.165, 1.54) is 20.3 Å². The number of aliphatic hydroxyl groups is 1. The molecule has 0 amide bonds. The quantitative estimate of drug-likeness (QED) is 0.336. The number of hydrogen-bond acceptors (Lipinski definition) is 6. The van der Waals surface area contributed by atoms with Crippen molar-refractivity contribution in [1.29, 1.82) is 0 Å². The van der Waals surface area contributed by atoms with Crippen LogP contribution in [0.15, 0.2) is 60.7 Å². The molecule has 6 heteroatoms. The molecule has 0 atom stereocenters. The van der Waals surface area contributed by atoms with Crippen LogP contribution in [0.5, 0.6) is 5.75 Å². The maximum Gasteiger partial charge on any atom is 0.338 e. The van der Waals surface area contributed by atoms with Crippen LogP contribution in [0, 0.1) is 0 Å². The monoisotopic (exact) mass is 466 g/mol. The number of benzene rings is 2. The second kappa shape index (κ2) is 12.8. The molecule has 0 aliphatic heterocycles. The Hall–Kier alpha value is -3.38. The van der Waals surface area contributed by atoms with Gasteiger partial charge in [0.2, 0.25) is 0 Å². The highest BCUT2D eigenvalue weighted by molar-refractivity contribution is 6.03. The molecule has 0 radical (unpaired) electrons. The molecule has 2 aromatic carbocycles. The third kappa shape index (κ3) is 7.06. The van der Waals surface area contributed by atoms with Gasteiger partial charge in [-0.25, -0.2) is 9.59 Å². The third-order valence-electron chi connectivity index (χ3n) is 5.81. The number of rotatable bonds is 11. The molecular weight excluding hydrogens is 432 g/mol. The van der Waals surface area contributed by atoms with E-state index in [2.05, 4.69) is 6.92 Å². The van der Waals surface area contributed by atoms with Gasteiger partial charge < -0.3 is 19.3 Å². The Bertz CT molecular complexity index is 1050. The lowest BCUT2D eigenvalue weighted by atomic mass is 9.96. The molecular formula is C28H34O6. The molecule has 0 spiro atoms. The van der Waals surface area contributed by atoms with Crippen molar-refractivity contribution in [3.63, 3.8) is 0 Å². The minimum Gasteiger partial charge on any atom is -0.489 e. The summed E-state index contributed by atoms with van der Waals surface area (Å²) in [6.45, 7) is 6.22. The standard InChI is InChI=1S/C28H34O6/c1-6-21(12-10-16-28(31,7-2)8-3)22-11-9-13-23(18-22)34-19-20-14-15-24(26(29)32-4)25(17-20)27(30)33-5/h9-18,31H,6-8,19H2,1-5H3. The normalized spacial score (nSPS) is 12.0. The molecule has 2 aromatic rings. The van der Waals surface area contributed by atoms with Crippen molar-refractivity contribution in [2.75, 3.05) is 14.2 Å². The van der Waals surface area contributed by atoms with Crippen LogP contribution >= 0.6 is 0 Å². The van der Waals surface area contributed by atoms with E-state index in [0.29, 0.717) is 24.2 Å². The first-order valence-corrected chi connectivity index (χ1v) is 11.4. The highest BCUT2D eigenvalue weighted by atomic mass is 16.5. The first-order valence-electron chi connectivity index (χ1n) is 11.4. The summed E-state index contributed by atoms with van der Waals surface area (Å²) >= 11 is 0. The fourth-order valence-electron chi connectivity index (χ4n) is 3.45. The van der Waals surface area contributed by atoms with E-state index in [0.717, 1.165) is 17.6 Å². The Morgan fingerprint density at radius 2 is 1.62 bits per heavy atom. The Balaban J connectivity index is 2.21. The fraction of sp³-hybridized carbons (Fsp3) is 0.357. The molecule has 0 heterocycles. The SMILES string of the molecule is CCC(=CC=CC(O)(CC)CC)c1cccc(OCc2ccc(C(=O)OC)c(C(=O)OC)c2)c1. The van der Waals surface area contributed by atoms with Gasteiger partial charge in [-0.1, -0.05) is 57.2 Å². The van der Waals surface area contributed by atoms with E-state index >= 15 is 0 Å². The molecule has 2 rings (SSSR count). The number of esters is 2. The van der Waals surface area contributed by atoms with Gasteiger partial charge in [0, 0.05) is 0 Å². The molecule has 0 aromatic heterocycles. The van der Waals surface area contributed by atoms with E-state index in [4.69, 9.17) is 14.2 Å². The van der Waals surface area contributed by atoms with Crippen LogP contribution in [-0.2, 0) is 16.1 Å². The second-order valence-electron chi connectivity index (χ2n) is 7.89. The lowest BCUT2D eigenvalue weighted by Gasteiger charge is -2.20. The Morgan fingerprint density at radius 1 is 0.941 bits per heavy atom. The highest BCUT2D eigenvalue weighted by Crippen LogP contribution is 2.25. The lowest BCUT2D eigenvalue weighted by molar-refractivity contribution is 0.0555. The average molecular weight is 467 g/mol. The summed E-state index contributed by atoms with van der Waals surface area (Å²) in [5.74, 6) is -0.547.